The number of hydrogen-bond acceptors (Lipinski definition) is 3. The van der Waals surface area contributed by atoms with Crippen LogP contribution < -0.4 is 10.9 Å². The van der Waals surface area contributed by atoms with Gasteiger partial charge in [-0.1, -0.05) is 25.1 Å². The number of nitrogens with one attached hydrogen (secondary N) is 1. The standard InChI is InChI=1S/C21H26N4O2/c1-4-12-22-19(26)11-8-13-24-15(2)18-14-23-25(17-9-6-5-7-10-17)21(27)20(18)16(24)3/h5-7,9-10,14H,4,8,11-13H2,1-3H3,(H,22,26). The maximum absolute atomic E-state index is 13.0. The van der Waals surface area contributed by atoms with Crippen LogP contribution in [0.1, 0.15) is 37.6 Å². The molecule has 6 heteroatoms. The number of aromatic nitrogens is 3. The zero-order valence-electron chi connectivity index (χ0n) is 16.2. The van der Waals surface area contributed by atoms with Gasteiger partial charge in [0.2, 0.25) is 5.91 Å². The normalized spacial score (nSPS) is 11.1. The van der Waals surface area contributed by atoms with Crippen LogP contribution >= 0.6 is 0 Å². The van der Waals surface area contributed by atoms with Gasteiger partial charge in [0.05, 0.1) is 17.3 Å². The summed E-state index contributed by atoms with van der Waals surface area (Å²) in [5.74, 6) is 0.0805. The smallest absolute Gasteiger partial charge is 0.281 e. The molecule has 6 nitrogen and oxygen atoms in total. The molecule has 142 valence electrons. The summed E-state index contributed by atoms with van der Waals surface area (Å²) in [6, 6.07) is 9.43. The number of aryl methyl sites for hydroxylation is 2. The van der Waals surface area contributed by atoms with Crippen LogP contribution in [0.15, 0.2) is 41.3 Å². The van der Waals surface area contributed by atoms with E-state index in [9.17, 15) is 9.59 Å². The van der Waals surface area contributed by atoms with Crippen LogP contribution in [0.4, 0.5) is 0 Å². The average molecular weight is 366 g/mol. The number of amides is 1. The molecule has 0 aliphatic carbocycles. The van der Waals surface area contributed by atoms with Gasteiger partial charge in [0.1, 0.15) is 0 Å². The number of fused-ring (bicyclic) bond motifs is 1. The molecule has 1 N–H and O–H groups in total. The Hall–Kier alpha value is -2.89. The molecule has 3 rings (SSSR count). The summed E-state index contributed by atoms with van der Waals surface area (Å²) in [6.45, 7) is 7.42. The summed E-state index contributed by atoms with van der Waals surface area (Å²) < 4.78 is 3.56. The van der Waals surface area contributed by atoms with E-state index in [0.29, 0.717) is 18.4 Å². The van der Waals surface area contributed by atoms with Gasteiger partial charge in [-0.15, -0.1) is 0 Å². The molecule has 2 aromatic heterocycles. The number of nitrogens with zero attached hydrogens (tertiary/aromatic N) is 3. The lowest BCUT2D eigenvalue weighted by Crippen LogP contribution is -2.24. The quantitative estimate of drug-likeness (QED) is 0.698. The van der Waals surface area contributed by atoms with E-state index in [0.717, 1.165) is 41.8 Å². The van der Waals surface area contributed by atoms with Crippen molar-refractivity contribution in [3.05, 3.63) is 58.3 Å². The predicted molar refractivity (Wildman–Crippen MR) is 107 cm³/mol. The highest BCUT2D eigenvalue weighted by atomic mass is 16.1. The van der Waals surface area contributed by atoms with Gasteiger partial charge in [-0.3, -0.25) is 9.59 Å². The highest BCUT2D eigenvalue weighted by Gasteiger charge is 2.16. The third-order valence-electron chi connectivity index (χ3n) is 4.90. The zero-order valence-corrected chi connectivity index (χ0v) is 16.2. The second-order valence-electron chi connectivity index (χ2n) is 6.76. The number of carbonyl (C=O) groups is 1. The molecule has 0 aliphatic heterocycles. The zero-order chi connectivity index (χ0) is 19.4. The van der Waals surface area contributed by atoms with E-state index >= 15 is 0 Å². The van der Waals surface area contributed by atoms with Crippen LogP contribution in [-0.4, -0.2) is 26.8 Å². The molecule has 1 aromatic carbocycles. The summed E-state index contributed by atoms with van der Waals surface area (Å²) in [4.78, 5) is 24.8. The van der Waals surface area contributed by atoms with Crippen LogP contribution in [0, 0.1) is 13.8 Å². The van der Waals surface area contributed by atoms with Crippen LogP contribution in [0.2, 0.25) is 0 Å². The highest BCUT2D eigenvalue weighted by molar-refractivity contribution is 5.87. The van der Waals surface area contributed by atoms with Crippen LogP contribution in [-0.2, 0) is 11.3 Å². The molecule has 0 atom stereocenters. The molecule has 0 aliphatic rings. The predicted octanol–water partition coefficient (Wildman–Crippen LogP) is 3.11. The van der Waals surface area contributed by atoms with Crippen molar-refractivity contribution in [2.45, 2.75) is 46.6 Å². The number of carbonyl (C=O) groups excluding carboxylic acids is 1. The van der Waals surface area contributed by atoms with Gasteiger partial charge in [0.15, 0.2) is 0 Å². The number of para-hydroxylation sites is 1. The monoisotopic (exact) mass is 366 g/mol. The SMILES string of the molecule is CCCNC(=O)CCCn1c(C)c2cnn(-c3ccccc3)c(=O)c2c1C. The van der Waals surface area contributed by atoms with Crippen molar-refractivity contribution in [2.24, 2.45) is 0 Å². The Labute approximate surface area is 158 Å². The summed E-state index contributed by atoms with van der Waals surface area (Å²) in [5, 5.41) is 8.83. The first-order valence-electron chi connectivity index (χ1n) is 9.44. The summed E-state index contributed by atoms with van der Waals surface area (Å²) in [5.41, 5.74) is 2.58. The van der Waals surface area contributed by atoms with E-state index in [1.54, 1.807) is 6.20 Å². The van der Waals surface area contributed by atoms with E-state index in [1.807, 2.05) is 51.1 Å². The van der Waals surface area contributed by atoms with Gasteiger partial charge in [-0.2, -0.15) is 9.78 Å². The lowest BCUT2D eigenvalue weighted by atomic mass is 10.2. The average Bonchev–Trinajstić information content (AvgIpc) is 2.92. The third kappa shape index (κ3) is 3.79. The molecule has 0 spiro atoms. The van der Waals surface area contributed by atoms with Crippen molar-refractivity contribution in [2.75, 3.05) is 6.54 Å². The van der Waals surface area contributed by atoms with Crippen molar-refractivity contribution >= 4 is 16.7 Å². The molecule has 1 amide bonds. The van der Waals surface area contributed by atoms with E-state index in [4.69, 9.17) is 0 Å². The van der Waals surface area contributed by atoms with Gasteiger partial charge in [-0.05, 0) is 38.8 Å². The third-order valence-corrected chi connectivity index (χ3v) is 4.90. The van der Waals surface area contributed by atoms with Gasteiger partial charge in [-0.25, -0.2) is 0 Å². The van der Waals surface area contributed by atoms with Crippen molar-refractivity contribution in [3.63, 3.8) is 0 Å². The Kier molecular flexibility index (Phi) is 5.74. The summed E-state index contributed by atoms with van der Waals surface area (Å²) in [7, 11) is 0. The molecular formula is C21H26N4O2. The summed E-state index contributed by atoms with van der Waals surface area (Å²) >= 11 is 0. The minimum Gasteiger partial charge on any atom is -0.356 e. The maximum atomic E-state index is 13.0. The Bertz CT molecular complexity index is 1000. The van der Waals surface area contributed by atoms with Gasteiger partial charge in [0, 0.05) is 36.3 Å². The molecule has 27 heavy (non-hydrogen) atoms. The molecule has 0 bridgehead atoms. The Morgan fingerprint density at radius 1 is 1.15 bits per heavy atom. The van der Waals surface area contributed by atoms with E-state index in [2.05, 4.69) is 15.0 Å². The Balaban J connectivity index is 1.89. The minimum absolute atomic E-state index is 0.0805. The number of rotatable bonds is 7. The molecule has 2 heterocycles. The van der Waals surface area contributed by atoms with Crippen LogP contribution in [0.5, 0.6) is 0 Å². The molecule has 0 saturated carbocycles. The maximum Gasteiger partial charge on any atom is 0.281 e. The van der Waals surface area contributed by atoms with E-state index in [1.165, 1.54) is 4.68 Å². The Morgan fingerprint density at radius 3 is 2.59 bits per heavy atom. The van der Waals surface area contributed by atoms with E-state index in [-0.39, 0.29) is 11.5 Å². The van der Waals surface area contributed by atoms with Crippen molar-refractivity contribution in [3.8, 4) is 5.69 Å². The second kappa shape index (κ2) is 8.20. The highest BCUT2D eigenvalue weighted by Crippen LogP contribution is 2.23. The fraction of sp³-hybridized carbons (Fsp3) is 0.381. The fourth-order valence-corrected chi connectivity index (χ4v) is 3.45. The molecule has 0 radical (unpaired) electrons. The number of hydrogen-bond donors (Lipinski definition) is 1. The molecule has 0 unspecified atom stereocenters. The van der Waals surface area contributed by atoms with Crippen molar-refractivity contribution < 1.29 is 4.79 Å². The largest absolute Gasteiger partial charge is 0.356 e. The van der Waals surface area contributed by atoms with Crippen molar-refractivity contribution in [1.29, 1.82) is 0 Å². The molecule has 0 fully saturated rings. The van der Waals surface area contributed by atoms with Crippen LogP contribution in [0.3, 0.4) is 0 Å². The first kappa shape index (κ1) is 18.9. The first-order chi connectivity index (χ1) is 13.0. The molecular weight excluding hydrogens is 340 g/mol. The van der Waals surface area contributed by atoms with E-state index < -0.39 is 0 Å². The van der Waals surface area contributed by atoms with Gasteiger partial charge >= 0.3 is 0 Å². The minimum atomic E-state index is -0.112. The topological polar surface area (TPSA) is 68.9 Å². The lowest BCUT2D eigenvalue weighted by molar-refractivity contribution is -0.121. The fourth-order valence-electron chi connectivity index (χ4n) is 3.45. The van der Waals surface area contributed by atoms with Crippen LogP contribution in [0.25, 0.3) is 16.5 Å². The molecule has 3 aromatic rings. The number of benzene rings is 1. The van der Waals surface area contributed by atoms with Gasteiger partial charge in [0.25, 0.3) is 5.56 Å². The Morgan fingerprint density at radius 2 is 1.89 bits per heavy atom. The van der Waals surface area contributed by atoms with Crippen molar-refractivity contribution in [1.82, 2.24) is 19.7 Å². The lowest BCUT2D eigenvalue weighted by Gasteiger charge is -2.09. The second-order valence-corrected chi connectivity index (χ2v) is 6.76. The molecule has 0 saturated heterocycles. The summed E-state index contributed by atoms with van der Waals surface area (Å²) in [6.07, 6.45) is 3.92. The van der Waals surface area contributed by atoms with Gasteiger partial charge < -0.3 is 9.88 Å². The first-order valence-corrected chi connectivity index (χ1v) is 9.44.